The molecule has 27 heavy (non-hydrogen) atoms. The van der Waals surface area contributed by atoms with Crippen molar-refractivity contribution < 1.29 is 9.53 Å². The van der Waals surface area contributed by atoms with Crippen molar-refractivity contribution in [3.63, 3.8) is 0 Å². The normalized spacial score (nSPS) is 10.5. The van der Waals surface area contributed by atoms with Crippen LogP contribution in [-0.2, 0) is 0 Å². The van der Waals surface area contributed by atoms with Crippen LogP contribution in [-0.4, -0.2) is 22.2 Å². The number of carbonyl (C=O) groups excluding carboxylic acids is 1. The molecule has 3 aromatic rings. The number of benzene rings is 2. The van der Waals surface area contributed by atoms with Crippen LogP contribution >= 0.6 is 11.6 Å². The number of nitrogens with zero attached hydrogens (tertiary/aromatic N) is 2. The van der Waals surface area contributed by atoms with E-state index in [9.17, 15) is 4.79 Å². The fourth-order valence-corrected chi connectivity index (χ4v) is 2.49. The molecule has 1 aromatic heterocycles. The van der Waals surface area contributed by atoms with E-state index in [-0.39, 0.29) is 17.7 Å². The molecule has 0 fully saturated rings. The monoisotopic (exact) mass is 382 g/mol. The Bertz CT molecular complexity index is 912. The number of amides is 1. The van der Waals surface area contributed by atoms with Crippen LogP contribution in [0.4, 0.5) is 17.2 Å². The summed E-state index contributed by atoms with van der Waals surface area (Å²) in [6, 6.07) is 17.8. The number of rotatable bonds is 6. The van der Waals surface area contributed by atoms with Gasteiger partial charge in [-0.3, -0.25) is 4.79 Å². The van der Waals surface area contributed by atoms with E-state index >= 15 is 0 Å². The molecule has 0 aliphatic rings. The number of nitrogens with one attached hydrogen (secondary N) is 2. The zero-order valence-electron chi connectivity index (χ0n) is 14.9. The largest absolute Gasteiger partial charge is 0.491 e. The molecule has 0 radical (unpaired) electrons. The third-order valence-electron chi connectivity index (χ3n) is 3.52. The van der Waals surface area contributed by atoms with E-state index in [0.717, 1.165) is 11.4 Å². The highest BCUT2D eigenvalue weighted by atomic mass is 35.5. The van der Waals surface area contributed by atoms with Gasteiger partial charge in [-0.1, -0.05) is 23.7 Å². The quantitative estimate of drug-likeness (QED) is 0.633. The maximum Gasteiger partial charge on any atom is 0.276 e. The zero-order chi connectivity index (χ0) is 19.2. The van der Waals surface area contributed by atoms with Crippen molar-refractivity contribution in [1.29, 1.82) is 0 Å². The van der Waals surface area contributed by atoms with Crippen molar-refractivity contribution in [3.8, 4) is 5.75 Å². The molecule has 6 nitrogen and oxygen atoms in total. The van der Waals surface area contributed by atoms with E-state index in [2.05, 4.69) is 20.8 Å². The molecule has 1 heterocycles. The van der Waals surface area contributed by atoms with E-state index in [1.807, 2.05) is 38.1 Å². The van der Waals surface area contributed by atoms with Gasteiger partial charge in [-0.05, 0) is 62.4 Å². The lowest BCUT2D eigenvalue weighted by Crippen LogP contribution is -2.14. The Balaban J connectivity index is 1.63. The van der Waals surface area contributed by atoms with Gasteiger partial charge in [0.1, 0.15) is 5.75 Å². The minimum atomic E-state index is -0.377. The number of aromatic nitrogens is 2. The van der Waals surface area contributed by atoms with E-state index in [0.29, 0.717) is 16.5 Å². The van der Waals surface area contributed by atoms with Gasteiger partial charge in [0.15, 0.2) is 11.5 Å². The number of ether oxygens (including phenoxy) is 1. The van der Waals surface area contributed by atoms with Gasteiger partial charge in [-0.15, -0.1) is 10.2 Å². The highest BCUT2D eigenvalue weighted by Crippen LogP contribution is 2.22. The molecule has 0 atom stereocenters. The van der Waals surface area contributed by atoms with E-state index in [1.54, 1.807) is 36.4 Å². The second-order valence-electron chi connectivity index (χ2n) is 6.05. The Morgan fingerprint density at radius 3 is 2.37 bits per heavy atom. The standard InChI is InChI=1S/C20H19ClN4O2/c1-13(2)27-15-9-7-14(8-10-15)22-19-12-11-18(24-25-19)20(26)23-17-6-4-3-5-16(17)21/h3-13H,1-2H3,(H,22,25)(H,23,26). The lowest BCUT2D eigenvalue weighted by atomic mass is 10.3. The van der Waals surface area contributed by atoms with Crippen LogP contribution in [0.15, 0.2) is 60.7 Å². The van der Waals surface area contributed by atoms with Crippen molar-refractivity contribution in [2.45, 2.75) is 20.0 Å². The summed E-state index contributed by atoms with van der Waals surface area (Å²) in [5.74, 6) is 0.951. The molecule has 0 unspecified atom stereocenters. The van der Waals surface area contributed by atoms with E-state index in [4.69, 9.17) is 16.3 Å². The second kappa shape index (κ2) is 8.51. The molecule has 0 saturated carbocycles. The molecule has 0 saturated heterocycles. The average Bonchev–Trinajstić information content (AvgIpc) is 2.65. The fraction of sp³-hybridized carbons (Fsp3) is 0.150. The number of hydrogen-bond donors (Lipinski definition) is 2. The van der Waals surface area contributed by atoms with Crippen LogP contribution in [0, 0.1) is 0 Å². The minimum Gasteiger partial charge on any atom is -0.491 e. The van der Waals surface area contributed by atoms with Gasteiger partial charge in [0.2, 0.25) is 0 Å². The number of anilines is 3. The topological polar surface area (TPSA) is 76.1 Å². The highest BCUT2D eigenvalue weighted by Gasteiger charge is 2.10. The summed E-state index contributed by atoms with van der Waals surface area (Å²) in [6.07, 6.45) is 0.124. The van der Waals surface area contributed by atoms with Crippen LogP contribution in [0.1, 0.15) is 24.3 Å². The molecule has 7 heteroatoms. The lowest BCUT2D eigenvalue weighted by molar-refractivity contribution is 0.102. The first-order valence-corrected chi connectivity index (χ1v) is 8.82. The third-order valence-corrected chi connectivity index (χ3v) is 3.85. The molecule has 2 N–H and O–H groups in total. The summed E-state index contributed by atoms with van der Waals surface area (Å²) >= 11 is 6.04. The fourth-order valence-electron chi connectivity index (χ4n) is 2.31. The van der Waals surface area contributed by atoms with Gasteiger partial charge in [0, 0.05) is 5.69 Å². The van der Waals surface area contributed by atoms with Crippen LogP contribution in [0.3, 0.4) is 0 Å². The number of halogens is 1. The van der Waals surface area contributed by atoms with Gasteiger partial charge in [-0.25, -0.2) is 0 Å². The average molecular weight is 383 g/mol. The minimum absolute atomic E-state index is 0.124. The van der Waals surface area contributed by atoms with Gasteiger partial charge in [0.05, 0.1) is 16.8 Å². The molecule has 2 aromatic carbocycles. The molecule has 0 aliphatic heterocycles. The van der Waals surface area contributed by atoms with Crippen molar-refractivity contribution in [2.75, 3.05) is 10.6 Å². The molecule has 138 valence electrons. The summed E-state index contributed by atoms with van der Waals surface area (Å²) in [5, 5.41) is 14.3. The first-order chi connectivity index (χ1) is 13.0. The molecule has 0 bridgehead atoms. The summed E-state index contributed by atoms with van der Waals surface area (Å²) in [5.41, 5.74) is 1.56. The zero-order valence-corrected chi connectivity index (χ0v) is 15.7. The molecular weight excluding hydrogens is 364 g/mol. The number of carbonyl (C=O) groups is 1. The van der Waals surface area contributed by atoms with Gasteiger partial charge in [0.25, 0.3) is 5.91 Å². The van der Waals surface area contributed by atoms with Crippen molar-refractivity contribution >= 4 is 34.7 Å². The molecule has 1 amide bonds. The Hall–Kier alpha value is -3.12. The number of hydrogen-bond acceptors (Lipinski definition) is 5. The summed E-state index contributed by atoms with van der Waals surface area (Å²) in [4.78, 5) is 12.3. The lowest BCUT2D eigenvalue weighted by Gasteiger charge is -2.11. The molecule has 0 aliphatic carbocycles. The Labute approximate surface area is 162 Å². The van der Waals surface area contributed by atoms with Crippen molar-refractivity contribution in [2.24, 2.45) is 0 Å². The maximum absolute atomic E-state index is 12.3. The highest BCUT2D eigenvalue weighted by molar-refractivity contribution is 6.33. The summed E-state index contributed by atoms with van der Waals surface area (Å²) < 4.78 is 5.61. The van der Waals surface area contributed by atoms with Crippen LogP contribution in [0.25, 0.3) is 0 Å². The first-order valence-electron chi connectivity index (χ1n) is 8.44. The van der Waals surface area contributed by atoms with Crippen molar-refractivity contribution in [3.05, 3.63) is 71.4 Å². The third kappa shape index (κ3) is 5.18. The molecule has 0 spiro atoms. The van der Waals surface area contributed by atoms with E-state index < -0.39 is 0 Å². The predicted octanol–water partition coefficient (Wildman–Crippen LogP) is 4.91. The second-order valence-corrected chi connectivity index (χ2v) is 6.46. The van der Waals surface area contributed by atoms with Crippen molar-refractivity contribution in [1.82, 2.24) is 10.2 Å². The van der Waals surface area contributed by atoms with Crippen LogP contribution in [0.5, 0.6) is 5.75 Å². The maximum atomic E-state index is 12.3. The Morgan fingerprint density at radius 1 is 1.00 bits per heavy atom. The molecular formula is C20H19ClN4O2. The van der Waals surface area contributed by atoms with E-state index in [1.165, 1.54) is 0 Å². The summed E-state index contributed by atoms with van der Waals surface area (Å²) in [6.45, 7) is 3.95. The van der Waals surface area contributed by atoms with Gasteiger partial charge in [-0.2, -0.15) is 0 Å². The first kappa shape index (κ1) is 18.7. The Morgan fingerprint density at radius 2 is 1.74 bits per heavy atom. The smallest absolute Gasteiger partial charge is 0.276 e. The SMILES string of the molecule is CC(C)Oc1ccc(Nc2ccc(C(=O)Nc3ccccc3Cl)nn2)cc1. The summed E-state index contributed by atoms with van der Waals surface area (Å²) in [7, 11) is 0. The van der Waals surface area contributed by atoms with Gasteiger partial charge < -0.3 is 15.4 Å². The number of para-hydroxylation sites is 1. The predicted molar refractivity (Wildman–Crippen MR) is 107 cm³/mol. The van der Waals surface area contributed by atoms with Crippen LogP contribution in [0.2, 0.25) is 5.02 Å². The Kier molecular flexibility index (Phi) is 5.88. The molecule has 3 rings (SSSR count). The van der Waals surface area contributed by atoms with Crippen LogP contribution < -0.4 is 15.4 Å². The van der Waals surface area contributed by atoms with Gasteiger partial charge >= 0.3 is 0 Å².